The predicted molar refractivity (Wildman–Crippen MR) is 77.5 cm³/mol. The molecule has 1 atom stereocenters. The number of benzene rings is 1. The van der Waals surface area contributed by atoms with Gasteiger partial charge in [0.1, 0.15) is 6.61 Å². The Morgan fingerprint density at radius 2 is 2.05 bits per heavy atom. The summed E-state index contributed by atoms with van der Waals surface area (Å²) >= 11 is 9.34. The van der Waals surface area contributed by atoms with Crippen LogP contribution in [0.5, 0.6) is 0 Å². The lowest BCUT2D eigenvalue weighted by molar-refractivity contribution is -0.166. The zero-order chi connectivity index (χ0) is 16.0. The quantitative estimate of drug-likeness (QED) is 0.671. The van der Waals surface area contributed by atoms with Gasteiger partial charge in [-0.1, -0.05) is 33.6 Å². The van der Waals surface area contributed by atoms with Gasteiger partial charge in [0.15, 0.2) is 0 Å². The number of ether oxygens (including phenoxy) is 1. The third-order valence-corrected chi connectivity index (χ3v) is 3.67. The maximum Gasteiger partial charge on any atom is 0.330 e. The van der Waals surface area contributed by atoms with Gasteiger partial charge in [0.2, 0.25) is 0 Å². The van der Waals surface area contributed by atoms with Gasteiger partial charge >= 0.3 is 12.3 Å². The zero-order valence-corrected chi connectivity index (χ0v) is 13.5. The Bertz CT molecular complexity index is 462. The minimum absolute atomic E-state index is 0.120. The van der Waals surface area contributed by atoms with Crippen molar-refractivity contribution in [3.05, 3.63) is 33.3 Å². The van der Waals surface area contributed by atoms with Crippen molar-refractivity contribution < 1.29 is 22.3 Å². The van der Waals surface area contributed by atoms with Gasteiger partial charge in [-0.3, -0.25) is 0 Å². The summed E-state index contributed by atoms with van der Waals surface area (Å²) in [4.78, 5) is 0. The molecule has 1 aromatic carbocycles. The maximum absolute atomic E-state index is 12.7. The Hall–Kier alpha value is -0.370. The van der Waals surface area contributed by atoms with Crippen molar-refractivity contribution in [2.45, 2.75) is 24.8 Å². The second-order valence-corrected chi connectivity index (χ2v) is 5.83. The fourth-order valence-corrected chi connectivity index (χ4v) is 2.35. The van der Waals surface area contributed by atoms with Crippen LogP contribution in [0.1, 0.15) is 5.56 Å². The molecule has 1 aromatic rings. The van der Waals surface area contributed by atoms with Crippen LogP contribution in [0.2, 0.25) is 5.02 Å². The Morgan fingerprint density at radius 3 is 2.57 bits per heavy atom. The number of hydrogen-bond acceptors (Lipinski definition) is 2. The molecule has 2 nitrogen and oxygen atoms in total. The fourth-order valence-electron chi connectivity index (χ4n) is 1.60. The second kappa shape index (κ2) is 8.31. The average molecular weight is 393 g/mol. The van der Waals surface area contributed by atoms with Crippen molar-refractivity contribution in [2.75, 3.05) is 20.3 Å². The van der Waals surface area contributed by atoms with Crippen LogP contribution in [0, 0.1) is 0 Å². The van der Waals surface area contributed by atoms with Gasteiger partial charge in [0, 0.05) is 15.5 Å². The number of rotatable bonds is 8. The van der Waals surface area contributed by atoms with Crippen molar-refractivity contribution in [1.82, 2.24) is 5.32 Å². The van der Waals surface area contributed by atoms with Gasteiger partial charge < -0.3 is 10.1 Å². The molecule has 0 aliphatic carbocycles. The molecule has 0 spiro atoms. The summed E-state index contributed by atoms with van der Waals surface area (Å²) in [6, 6.07) is 5.01. The van der Waals surface area contributed by atoms with E-state index in [1.807, 2.05) is 0 Å². The van der Waals surface area contributed by atoms with E-state index in [0.29, 0.717) is 11.4 Å². The lowest BCUT2D eigenvalue weighted by Crippen LogP contribution is -2.37. The predicted octanol–water partition coefficient (Wildman–Crippen LogP) is 4.15. The van der Waals surface area contributed by atoms with E-state index in [9.17, 15) is 17.6 Å². The summed E-state index contributed by atoms with van der Waals surface area (Å²) in [7, 11) is 1.63. The molecule has 0 aromatic heterocycles. The molecule has 0 aliphatic heterocycles. The lowest BCUT2D eigenvalue weighted by Gasteiger charge is -2.20. The van der Waals surface area contributed by atoms with E-state index < -0.39 is 19.0 Å². The first-order valence-electron chi connectivity index (χ1n) is 6.11. The highest BCUT2D eigenvalue weighted by atomic mass is 79.9. The van der Waals surface area contributed by atoms with Gasteiger partial charge in [-0.25, -0.2) is 8.78 Å². The highest BCUT2D eigenvalue weighted by Gasteiger charge is 2.41. The molecule has 0 amide bonds. The third kappa shape index (κ3) is 6.10. The van der Waals surface area contributed by atoms with Crippen LogP contribution in [0.3, 0.4) is 0 Å². The van der Waals surface area contributed by atoms with Crippen LogP contribution >= 0.6 is 27.5 Å². The van der Waals surface area contributed by atoms with E-state index in [4.69, 9.17) is 16.3 Å². The molecular weight excluding hydrogens is 377 g/mol. The molecule has 0 saturated carbocycles. The molecule has 120 valence electrons. The number of alkyl halides is 4. The molecule has 1 N–H and O–H groups in total. The normalized spacial score (nSPS) is 13.7. The molecule has 0 bridgehead atoms. The monoisotopic (exact) mass is 391 g/mol. The Balaban J connectivity index is 2.52. The largest absolute Gasteiger partial charge is 0.373 e. The Morgan fingerprint density at radius 1 is 1.38 bits per heavy atom. The van der Waals surface area contributed by atoms with E-state index in [1.54, 1.807) is 25.2 Å². The van der Waals surface area contributed by atoms with Crippen LogP contribution in [0.25, 0.3) is 0 Å². The smallest absolute Gasteiger partial charge is 0.330 e. The highest BCUT2D eigenvalue weighted by Crippen LogP contribution is 2.24. The molecule has 21 heavy (non-hydrogen) atoms. The molecular formula is C13H15BrClF4NO. The Kier molecular flexibility index (Phi) is 7.39. The Labute approximate surface area is 133 Å². The first-order valence-corrected chi connectivity index (χ1v) is 7.28. The lowest BCUT2D eigenvalue weighted by atomic mass is 10.1. The summed E-state index contributed by atoms with van der Waals surface area (Å²) in [5, 5.41) is 3.41. The first kappa shape index (κ1) is 18.7. The van der Waals surface area contributed by atoms with Gasteiger partial charge in [-0.2, -0.15) is 8.78 Å². The summed E-state index contributed by atoms with van der Waals surface area (Å²) in [5.74, 6) is -4.13. The fraction of sp³-hybridized carbons (Fsp3) is 0.538. The van der Waals surface area contributed by atoms with E-state index in [0.717, 1.165) is 10.0 Å². The van der Waals surface area contributed by atoms with Crippen LogP contribution in [0.4, 0.5) is 17.6 Å². The molecule has 0 saturated heterocycles. The van der Waals surface area contributed by atoms with E-state index in [-0.39, 0.29) is 12.6 Å². The summed E-state index contributed by atoms with van der Waals surface area (Å²) in [5.41, 5.74) is 0.809. The van der Waals surface area contributed by atoms with Gasteiger partial charge in [0.25, 0.3) is 0 Å². The van der Waals surface area contributed by atoms with Crippen LogP contribution in [-0.4, -0.2) is 38.7 Å². The van der Waals surface area contributed by atoms with Crippen LogP contribution in [-0.2, 0) is 11.2 Å². The van der Waals surface area contributed by atoms with Gasteiger partial charge in [0.05, 0.1) is 6.61 Å². The number of halogens is 6. The zero-order valence-electron chi connectivity index (χ0n) is 11.2. The molecule has 0 radical (unpaired) electrons. The van der Waals surface area contributed by atoms with E-state index >= 15 is 0 Å². The van der Waals surface area contributed by atoms with Gasteiger partial charge in [-0.05, 0) is 31.2 Å². The van der Waals surface area contributed by atoms with Crippen LogP contribution in [0.15, 0.2) is 22.7 Å². The third-order valence-electron chi connectivity index (χ3n) is 2.82. The van der Waals surface area contributed by atoms with Crippen molar-refractivity contribution in [2.24, 2.45) is 0 Å². The standard InChI is InChI=1S/C13H15BrClF4NO/c1-20-10(6-21-7-13(18,19)12(16)17)4-8-2-3-9(14)5-11(8)15/h2-3,5,10,12,20H,4,6-7H2,1H3. The number of hydrogen-bond donors (Lipinski definition) is 1. The van der Waals surface area contributed by atoms with Crippen molar-refractivity contribution in [3.63, 3.8) is 0 Å². The SMILES string of the molecule is CNC(COCC(F)(F)C(F)F)Cc1ccc(Br)cc1Cl. The second-order valence-electron chi connectivity index (χ2n) is 4.50. The minimum Gasteiger partial charge on any atom is -0.373 e. The molecule has 1 unspecified atom stereocenters. The molecule has 1 rings (SSSR count). The number of likely N-dealkylation sites (N-methyl/N-ethyl adjacent to an activating group) is 1. The van der Waals surface area contributed by atoms with E-state index in [2.05, 4.69) is 21.2 Å². The van der Waals surface area contributed by atoms with Crippen LogP contribution < -0.4 is 5.32 Å². The molecule has 0 aliphatic rings. The maximum atomic E-state index is 12.7. The molecule has 0 fully saturated rings. The summed E-state index contributed by atoms with van der Waals surface area (Å²) in [6.07, 6.45) is -3.30. The summed E-state index contributed by atoms with van der Waals surface area (Å²) in [6.45, 7) is -1.43. The minimum atomic E-state index is -4.13. The summed E-state index contributed by atoms with van der Waals surface area (Å²) < 4.78 is 54.9. The highest BCUT2D eigenvalue weighted by molar-refractivity contribution is 9.10. The molecule has 8 heteroatoms. The first-order chi connectivity index (χ1) is 9.76. The van der Waals surface area contributed by atoms with Crippen molar-refractivity contribution >= 4 is 27.5 Å². The number of nitrogens with one attached hydrogen (secondary N) is 1. The van der Waals surface area contributed by atoms with Crippen molar-refractivity contribution in [1.29, 1.82) is 0 Å². The topological polar surface area (TPSA) is 21.3 Å². The molecule has 0 heterocycles. The average Bonchev–Trinajstić information content (AvgIpc) is 2.39. The van der Waals surface area contributed by atoms with E-state index in [1.165, 1.54) is 0 Å². The van der Waals surface area contributed by atoms with Gasteiger partial charge in [-0.15, -0.1) is 0 Å². The van der Waals surface area contributed by atoms with Crippen molar-refractivity contribution in [3.8, 4) is 0 Å².